The van der Waals surface area contributed by atoms with Gasteiger partial charge in [-0.3, -0.25) is 4.68 Å². The third-order valence-corrected chi connectivity index (χ3v) is 2.45. The molecule has 1 aromatic carbocycles. The molecule has 2 rings (SSSR count). The highest BCUT2D eigenvalue weighted by atomic mass is 15.2. The minimum atomic E-state index is 0.0709. The van der Waals surface area contributed by atoms with Gasteiger partial charge in [0.15, 0.2) is 0 Å². The summed E-state index contributed by atoms with van der Waals surface area (Å²) >= 11 is 0. The van der Waals surface area contributed by atoms with Gasteiger partial charge in [-0.05, 0) is 24.1 Å². The van der Waals surface area contributed by atoms with E-state index in [1.807, 2.05) is 38.5 Å². The van der Waals surface area contributed by atoms with E-state index in [1.165, 1.54) is 0 Å². The summed E-state index contributed by atoms with van der Waals surface area (Å²) in [5, 5.41) is 4.15. The molecule has 0 aliphatic heterocycles. The van der Waals surface area contributed by atoms with Gasteiger partial charge in [-0.15, -0.1) is 0 Å². The summed E-state index contributed by atoms with van der Waals surface area (Å²) in [7, 11) is 1.92. The average molecular weight is 201 g/mol. The number of rotatable bonds is 2. The molecule has 0 fully saturated rings. The second kappa shape index (κ2) is 3.87. The molecule has 78 valence electrons. The summed E-state index contributed by atoms with van der Waals surface area (Å²) in [6, 6.07) is 8.33. The van der Waals surface area contributed by atoms with Crippen LogP contribution in [0, 0.1) is 0 Å². The van der Waals surface area contributed by atoms with E-state index in [0.29, 0.717) is 0 Å². The summed E-state index contributed by atoms with van der Waals surface area (Å²) in [5.74, 6) is 0. The number of aryl methyl sites for hydroxylation is 1. The van der Waals surface area contributed by atoms with Crippen molar-refractivity contribution in [2.45, 2.75) is 13.0 Å². The van der Waals surface area contributed by atoms with Crippen molar-refractivity contribution in [1.82, 2.24) is 9.78 Å². The summed E-state index contributed by atoms with van der Waals surface area (Å²) in [4.78, 5) is 0. The highest BCUT2D eigenvalue weighted by Gasteiger charge is 2.03. The maximum absolute atomic E-state index is 5.85. The van der Waals surface area contributed by atoms with Gasteiger partial charge in [-0.1, -0.05) is 18.2 Å². The Morgan fingerprint density at radius 3 is 2.73 bits per heavy atom. The predicted octanol–water partition coefficient (Wildman–Crippen LogP) is 2.11. The number of aromatic nitrogens is 2. The molecule has 3 nitrogen and oxygen atoms in total. The lowest BCUT2D eigenvalue weighted by Crippen LogP contribution is -2.04. The van der Waals surface area contributed by atoms with Gasteiger partial charge in [-0.2, -0.15) is 5.10 Å². The number of benzene rings is 1. The Balaban J connectivity index is 2.41. The zero-order valence-corrected chi connectivity index (χ0v) is 9.01. The van der Waals surface area contributed by atoms with Crippen LogP contribution >= 0.6 is 0 Å². The van der Waals surface area contributed by atoms with Crippen LogP contribution in [0.4, 0.5) is 0 Å². The largest absolute Gasteiger partial charge is 0.324 e. The maximum Gasteiger partial charge on any atom is 0.0568 e. The third kappa shape index (κ3) is 2.07. The van der Waals surface area contributed by atoms with Gasteiger partial charge in [0.25, 0.3) is 0 Å². The molecule has 1 aromatic heterocycles. The summed E-state index contributed by atoms with van der Waals surface area (Å²) < 4.78 is 1.80. The van der Waals surface area contributed by atoms with Gasteiger partial charge in [-0.25, -0.2) is 0 Å². The molecule has 0 aliphatic rings. The third-order valence-electron chi connectivity index (χ3n) is 2.45. The lowest BCUT2D eigenvalue weighted by molar-refractivity contribution is 0.768. The Labute approximate surface area is 89.5 Å². The highest BCUT2D eigenvalue weighted by molar-refractivity contribution is 5.62. The van der Waals surface area contributed by atoms with Crippen molar-refractivity contribution in [2.75, 3.05) is 0 Å². The lowest BCUT2D eigenvalue weighted by Gasteiger charge is -2.06. The Bertz CT molecular complexity index is 457. The molecule has 0 bridgehead atoms. The van der Waals surface area contributed by atoms with Crippen molar-refractivity contribution in [3.8, 4) is 11.1 Å². The van der Waals surface area contributed by atoms with Crippen molar-refractivity contribution in [3.63, 3.8) is 0 Å². The van der Waals surface area contributed by atoms with E-state index in [9.17, 15) is 0 Å². The Kier molecular flexibility index (Phi) is 2.56. The number of nitrogens with two attached hydrogens (primary N) is 1. The summed E-state index contributed by atoms with van der Waals surface area (Å²) in [5.41, 5.74) is 9.28. The molecule has 0 amide bonds. The van der Waals surface area contributed by atoms with Crippen LogP contribution < -0.4 is 5.73 Å². The maximum atomic E-state index is 5.85. The molecule has 0 radical (unpaired) electrons. The smallest absolute Gasteiger partial charge is 0.0568 e. The molecule has 0 saturated carbocycles. The minimum Gasteiger partial charge on any atom is -0.324 e. The zero-order chi connectivity index (χ0) is 10.8. The lowest BCUT2D eigenvalue weighted by atomic mass is 10.0. The molecule has 15 heavy (non-hydrogen) atoms. The van der Waals surface area contributed by atoms with Crippen molar-refractivity contribution >= 4 is 0 Å². The fourth-order valence-corrected chi connectivity index (χ4v) is 1.57. The van der Waals surface area contributed by atoms with Crippen LogP contribution in [0.3, 0.4) is 0 Å². The fourth-order valence-electron chi connectivity index (χ4n) is 1.57. The van der Waals surface area contributed by atoms with Gasteiger partial charge in [0.1, 0.15) is 0 Å². The molecule has 2 aromatic rings. The number of nitrogens with zero attached hydrogens (tertiary/aromatic N) is 2. The van der Waals surface area contributed by atoms with Crippen LogP contribution in [-0.2, 0) is 7.05 Å². The summed E-state index contributed by atoms with van der Waals surface area (Å²) in [6.45, 7) is 1.99. The van der Waals surface area contributed by atoms with E-state index in [-0.39, 0.29) is 6.04 Å². The Morgan fingerprint density at radius 1 is 1.33 bits per heavy atom. The van der Waals surface area contributed by atoms with Crippen molar-refractivity contribution in [1.29, 1.82) is 0 Å². The molecule has 0 aliphatic carbocycles. The predicted molar refractivity (Wildman–Crippen MR) is 61.2 cm³/mol. The number of hydrogen-bond acceptors (Lipinski definition) is 2. The van der Waals surface area contributed by atoms with Crippen LogP contribution in [0.15, 0.2) is 36.7 Å². The standard InChI is InChI=1S/C12H15N3/c1-9(13)10-4-3-5-11(6-10)12-7-14-15(2)8-12/h3-9H,13H2,1-2H3/t9-/m0/s1. The molecule has 0 spiro atoms. The van der Waals surface area contributed by atoms with E-state index >= 15 is 0 Å². The molecule has 1 heterocycles. The molecule has 1 atom stereocenters. The molecular weight excluding hydrogens is 186 g/mol. The van der Waals surface area contributed by atoms with E-state index in [1.54, 1.807) is 4.68 Å². The van der Waals surface area contributed by atoms with E-state index in [2.05, 4.69) is 17.2 Å². The molecule has 2 N–H and O–H groups in total. The second-order valence-electron chi connectivity index (χ2n) is 3.82. The first-order valence-corrected chi connectivity index (χ1v) is 5.01. The zero-order valence-electron chi connectivity index (χ0n) is 9.01. The summed E-state index contributed by atoms with van der Waals surface area (Å²) in [6.07, 6.45) is 3.86. The van der Waals surface area contributed by atoms with Crippen LogP contribution in [0.1, 0.15) is 18.5 Å². The van der Waals surface area contributed by atoms with Crippen LogP contribution in [0.5, 0.6) is 0 Å². The van der Waals surface area contributed by atoms with Gasteiger partial charge in [0.2, 0.25) is 0 Å². The second-order valence-corrected chi connectivity index (χ2v) is 3.82. The minimum absolute atomic E-state index is 0.0709. The Morgan fingerprint density at radius 2 is 2.13 bits per heavy atom. The average Bonchev–Trinajstić information content (AvgIpc) is 2.65. The van der Waals surface area contributed by atoms with E-state index in [0.717, 1.165) is 16.7 Å². The normalized spacial score (nSPS) is 12.7. The van der Waals surface area contributed by atoms with Crippen LogP contribution in [0.2, 0.25) is 0 Å². The van der Waals surface area contributed by atoms with Crippen molar-refractivity contribution in [3.05, 3.63) is 42.2 Å². The van der Waals surface area contributed by atoms with Gasteiger partial charge < -0.3 is 5.73 Å². The molecule has 0 unspecified atom stereocenters. The van der Waals surface area contributed by atoms with Gasteiger partial charge in [0, 0.05) is 24.8 Å². The first kappa shape index (κ1) is 9.93. The van der Waals surface area contributed by atoms with Crippen molar-refractivity contribution < 1.29 is 0 Å². The monoisotopic (exact) mass is 201 g/mol. The van der Waals surface area contributed by atoms with Gasteiger partial charge >= 0.3 is 0 Å². The topological polar surface area (TPSA) is 43.8 Å². The molecule has 0 saturated heterocycles. The van der Waals surface area contributed by atoms with Gasteiger partial charge in [0.05, 0.1) is 6.20 Å². The fraction of sp³-hybridized carbons (Fsp3) is 0.250. The number of hydrogen-bond donors (Lipinski definition) is 1. The first-order valence-electron chi connectivity index (χ1n) is 5.01. The molecule has 3 heteroatoms. The first-order chi connectivity index (χ1) is 7.16. The van der Waals surface area contributed by atoms with E-state index < -0.39 is 0 Å². The highest BCUT2D eigenvalue weighted by Crippen LogP contribution is 2.21. The van der Waals surface area contributed by atoms with Crippen LogP contribution in [0.25, 0.3) is 11.1 Å². The van der Waals surface area contributed by atoms with Crippen molar-refractivity contribution in [2.24, 2.45) is 12.8 Å². The quantitative estimate of drug-likeness (QED) is 0.808. The Hall–Kier alpha value is -1.61. The van der Waals surface area contributed by atoms with E-state index in [4.69, 9.17) is 5.73 Å². The van der Waals surface area contributed by atoms with Crippen LogP contribution in [-0.4, -0.2) is 9.78 Å². The molecular formula is C12H15N3. The SMILES string of the molecule is C[C@H](N)c1cccc(-c2cnn(C)c2)c1.